The monoisotopic (exact) mass is 331 g/mol. The van der Waals surface area contributed by atoms with Crippen molar-refractivity contribution in [2.45, 2.75) is 38.6 Å². The number of aromatic nitrogens is 1. The summed E-state index contributed by atoms with van der Waals surface area (Å²) in [4.78, 5) is 17.3. The second-order valence-electron chi connectivity index (χ2n) is 6.37. The number of alkyl halides is 3. The van der Waals surface area contributed by atoms with Gasteiger partial charge in [0.25, 0.3) is 0 Å². The summed E-state index contributed by atoms with van der Waals surface area (Å²) in [5.41, 5.74) is -1.05. The molecule has 1 amide bonds. The standard InChI is InChI=1S/C15H20F3N3O2/c1-14(2,3)23-13(22)21-7-6-19-9-11(21)10-4-5-12(20-8-10)15(16,17)18/h4-5,8,11,19H,6-7,9H2,1-3H3. The van der Waals surface area contributed by atoms with Gasteiger partial charge in [-0.05, 0) is 32.4 Å². The molecule has 1 aromatic heterocycles. The van der Waals surface area contributed by atoms with Gasteiger partial charge < -0.3 is 10.1 Å². The summed E-state index contributed by atoms with van der Waals surface area (Å²) in [6.45, 7) is 6.75. The molecule has 1 atom stereocenters. The van der Waals surface area contributed by atoms with E-state index in [0.717, 1.165) is 12.3 Å². The zero-order valence-electron chi connectivity index (χ0n) is 13.3. The summed E-state index contributed by atoms with van der Waals surface area (Å²) in [7, 11) is 0. The molecule has 8 heteroatoms. The van der Waals surface area contributed by atoms with Crippen LogP contribution in [0.3, 0.4) is 0 Å². The summed E-state index contributed by atoms with van der Waals surface area (Å²) in [6, 6.07) is 1.87. The third-order valence-corrected chi connectivity index (χ3v) is 3.33. The van der Waals surface area contributed by atoms with E-state index >= 15 is 0 Å². The lowest BCUT2D eigenvalue weighted by Crippen LogP contribution is -2.50. The highest BCUT2D eigenvalue weighted by Crippen LogP contribution is 2.29. The number of piperazine rings is 1. The van der Waals surface area contributed by atoms with Crippen molar-refractivity contribution in [1.82, 2.24) is 15.2 Å². The van der Waals surface area contributed by atoms with Crippen molar-refractivity contribution < 1.29 is 22.7 Å². The highest BCUT2D eigenvalue weighted by atomic mass is 19.4. The minimum atomic E-state index is -4.48. The zero-order chi connectivity index (χ0) is 17.3. The van der Waals surface area contributed by atoms with Crippen molar-refractivity contribution in [3.05, 3.63) is 29.6 Å². The van der Waals surface area contributed by atoms with Crippen molar-refractivity contribution in [3.63, 3.8) is 0 Å². The summed E-state index contributed by atoms with van der Waals surface area (Å²) in [5.74, 6) is 0. The number of rotatable bonds is 1. The molecule has 1 fully saturated rings. The summed E-state index contributed by atoms with van der Waals surface area (Å²) in [6.07, 6.45) is -3.80. The first-order chi connectivity index (χ1) is 10.6. The highest BCUT2D eigenvalue weighted by Gasteiger charge is 2.34. The van der Waals surface area contributed by atoms with Crippen molar-refractivity contribution in [1.29, 1.82) is 0 Å². The van der Waals surface area contributed by atoms with Gasteiger partial charge in [-0.1, -0.05) is 6.07 Å². The maximum atomic E-state index is 12.6. The Bertz CT molecular complexity index is 553. The number of halogens is 3. The molecule has 1 aromatic rings. The van der Waals surface area contributed by atoms with Crippen molar-refractivity contribution in [3.8, 4) is 0 Å². The van der Waals surface area contributed by atoms with Crippen LogP contribution in [0.4, 0.5) is 18.0 Å². The van der Waals surface area contributed by atoms with Gasteiger partial charge >= 0.3 is 12.3 Å². The van der Waals surface area contributed by atoms with Gasteiger partial charge in [0.15, 0.2) is 0 Å². The summed E-state index contributed by atoms with van der Waals surface area (Å²) < 4.78 is 43.1. The molecule has 5 nitrogen and oxygen atoms in total. The van der Waals surface area contributed by atoms with E-state index in [1.807, 2.05) is 0 Å². The number of hydrogen-bond acceptors (Lipinski definition) is 4. The van der Waals surface area contributed by atoms with E-state index in [9.17, 15) is 18.0 Å². The maximum absolute atomic E-state index is 12.6. The quantitative estimate of drug-likeness (QED) is 0.859. The third-order valence-electron chi connectivity index (χ3n) is 3.33. The first kappa shape index (κ1) is 17.5. The van der Waals surface area contributed by atoms with E-state index in [0.29, 0.717) is 25.2 Å². The highest BCUT2D eigenvalue weighted by molar-refractivity contribution is 5.69. The predicted octanol–water partition coefficient (Wildman–Crippen LogP) is 2.98. The number of carbonyl (C=O) groups is 1. The molecule has 2 rings (SSSR count). The average molecular weight is 331 g/mol. The molecule has 1 aliphatic heterocycles. The van der Waals surface area contributed by atoms with Crippen LogP contribution >= 0.6 is 0 Å². The number of ether oxygens (including phenoxy) is 1. The Morgan fingerprint density at radius 2 is 2.04 bits per heavy atom. The van der Waals surface area contributed by atoms with Crippen molar-refractivity contribution in [2.24, 2.45) is 0 Å². The molecule has 23 heavy (non-hydrogen) atoms. The van der Waals surface area contributed by atoms with Crippen LogP contribution in [-0.2, 0) is 10.9 Å². The first-order valence-electron chi connectivity index (χ1n) is 7.31. The molecule has 1 aliphatic rings. The number of carbonyl (C=O) groups excluding carboxylic acids is 1. The van der Waals surface area contributed by atoms with Crippen LogP contribution in [0.2, 0.25) is 0 Å². The summed E-state index contributed by atoms with van der Waals surface area (Å²) >= 11 is 0. The van der Waals surface area contributed by atoms with Crippen LogP contribution in [-0.4, -0.2) is 41.2 Å². The SMILES string of the molecule is CC(C)(C)OC(=O)N1CCNCC1c1ccc(C(F)(F)F)nc1. The molecule has 0 spiro atoms. The van der Waals surface area contributed by atoms with Gasteiger partial charge in [-0.3, -0.25) is 9.88 Å². The lowest BCUT2D eigenvalue weighted by atomic mass is 10.1. The molecule has 0 saturated carbocycles. The van der Waals surface area contributed by atoms with E-state index in [1.165, 1.54) is 11.0 Å². The van der Waals surface area contributed by atoms with E-state index in [-0.39, 0.29) is 0 Å². The largest absolute Gasteiger partial charge is 0.444 e. The number of nitrogens with zero attached hydrogens (tertiary/aromatic N) is 2. The van der Waals surface area contributed by atoms with E-state index in [4.69, 9.17) is 4.74 Å². The van der Waals surface area contributed by atoms with Gasteiger partial charge in [0, 0.05) is 25.8 Å². The van der Waals surface area contributed by atoms with Gasteiger partial charge in [-0.2, -0.15) is 13.2 Å². The van der Waals surface area contributed by atoms with Crippen LogP contribution in [0.15, 0.2) is 18.3 Å². The van der Waals surface area contributed by atoms with Crippen LogP contribution < -0.4 is 5.32 Å². The fourth-order valence-corrected chi connectivity index (χ4v) is 2.31. The fraction of sp³-hybridized carbons (Fsp3) is 0.600. The van der Waals surface area contributed by atoms with E-state index in [2.05, 4.69) is 10.3 Å². The number of pyridine rings is 1. The van der Waals surface area contributed by atoms with Gasteiger partial charge in [0.05, 0.1) is 6.04 Å². The number of amides is 1. The summed E-state index contributed by atoms with van der Waals surface area (Å²) in [5, 5.41) is 3.13. The second-order valence-corrected chi connectivity index (χ2v) is 6.37. The smallest absolute Gasteiger partial charge is 0.433 e. The molecule has 0 bridgehead atoms. The molecule has 0 aliphatic carbocycles. The molecule has 0 aromatic carbocycles. The minimum Gasteiger partial charge on any atom is -0.444 e. The fourth-order valence-electron chi connectivity index (χ4n) is 2.31. The lowest BCUT2D eigenvalue weighted by Gasteiger charge is -2.37. The Morgan fingerprint density at radius 3 is 2.57 bits per heavy atom. The minimum absolute atomic E-state index is 0.409. The Morgan fingerprint density at radius 1 is 1.35 bits per heavy atom. The topological polar surface area (TPSA) is 54.5 Å². The van der Waals surface area contributed by atoms with Crippen LogP contribution in [0.1, 0.15) is 38.1 Å². The average Bonchev–Trinajstić information content (AvgIpc) is 2.45. The Labute approximate surface area is 132 Å². The van der Waals surface area contributed by atoms with Gasteiger partial charge in [-0.15, -0.1) is 0 Å². The predicted molar refractivity (Wildman–Crippen MR) is 77.8 cm³/mol. The number of hydrogen-bond donors (Lipinski definition) is 1. The normalized spacial score (nSPS) is 19.6. The lowest BCUT2D eigenvalue weighted by molar-refractivity contribution is -0.141. The molecule has 1 saturated heterocycles. The van der Waals surface area contributed by atoms with Crippen LogP contribution in [0.5, 0.6) is 0 Å². The Kier molecular flexibility index (Phi) is 4.84. The molecule has 2 heterocycles. The third kappa shape index (κ3) is 4.57. The van der Waals surface area contributed by atoms with E-state index in [1.54, 1.807) is 20.8 Å². The van der Waals surface area contributed by atoms with E-state index < -0.39 is 29.6 Å². The number of nitrogens with one attached hydrogen (secondary N) is 1. The molecular weight excluding hydrogens is 311 g/mol. The van der Waals surface area contributed by atoms with Crippen molar-refractivity contribution >= 4 is 6.09 Å². The van der Waals surface area contributed by atoms with Gasteiger partial charge in [-0.25, -0.2) is 4.79 Å². The molecule has 1 N–H and O–H groups in total. The van der Waals surface area contributed by atoms with Gasteiger partial charge in [0.2, 0.25) is 0 Å². The molecule has 128 valence electrons. The molecule has 1 unspecified atom stereocenters. The van der Waals surface area contributed by atoms with Crippen molar-refractivity contribution in [2.75, 3.05) is 19.6 Å². The Hall–Kier alpha value is -1.83. The maximum Gasteiger partial charge on any atom is 0.433 e. The molecule has 0 radical (unpaired) electrons. The Balaban J connectivity index is 2.19. The zero-order valence-corrected chi connectivity index (χ0v) is 13.3. The first-order valence-corrected chi connectivity index (χ1v) is 7.31. The van der Waals surface area contributed by atoms with Crippen LogP contribution in [0, 0.1) is 0 Å². The molecular formula is C15H20F3N3O2. The van der Waals surface area contributed by atoms with Crippen LogP contribution in [0.25, 0.3) is 0 Å². The van der Waals surface area contributed by atoms with Gasteiger partial charge in [0.1, 0.15) is 11.3 Å². The second kappa shape index (κ2) is 6.35.